The molecule has 0 aliphatic rings. The van der Waals surface area contributed by atoms with E-state index in [2.05, 4.69) is 26.6 Å². The third kappa shape index (κ3) is 4.03. The van der Waals surface area contributed by atoms with Gasteiger partial charge in [0.05, 0.1) is 5.69 Å². The van der Waals surface area contributed by atoms with E-state index in [1.807, 2.05) is 0 Å². The van der Waals surface area contributed by atoms with Crippen LogP contribution in [-0.4, -0.2) is 23.1 Å². The van der Waals surface area contributed by atoms with E-state index < -0.39 is 23.9 Å². The van der Waals surface area contributed by atoms with Gasteiger partial charge in [0.15, 0.2) is 0 Å². The molecule has 0 aromatic heterocycles. The second kappa shape index (κ2) is 5.62. The summed E-state index contributed by atoms with van der Waals surface area (Å²) >= 11 is 3.07. The fourth-order valence-corrected chi connectivity index (χ4v) is 1.46. The summed E-state index contributed by atoms with van der Waals surface area (Å²) in [5.41, 5.74) is 0.349. The van der Waals surface area contributed by atoms with Crippen molar-refractivity contribution in [3.05, 3.63) is 28.5 Å². The maximum Gasteiger partial charge on any atom is 0.325 e. The summed E-state index contributed by atoms with van der Waals surface area (Å²) in [6.07, 6.45) is 0. The van der Waals surface area contributed by atoms with Gasteiger partial charge in [-0.15, -0.1) is 0 Å². The molecule has 0 saturated heterocycles. The summed E-state index contributed by atoms with van der Waals surface area (Å²) < 4.78 is 13.1. The lowest BCUT2D eigenvalue weighted by Gasteiger charge is -2.11. The number of amides is 2. The number of urea groups is 1. The second-order valence-corrected chi connectivity index (χ2v) is 4.14. The average Bonchev–Trinajstić information content (AvgIpc) is 2.22. The van der Waals surface area contributed by atoms with Gasteiger partial charge in [0, 0.05) is 4.47 Å². The maximum atomic E-state index is 12.8. The van der Waals surface area contributed by atoms with E-state index in [0.717, 1.165) is 0 Å². The molecule has 3 N–H and O–H groups in total. The van der Waals surface area contributed by atoms with Crippen LogP contribution in [0.1, 0.15) is 6.92 Å². The van der Waals surface area contributed by atoms with E-state index in [-0.39, 0.29) is 0 Å². The van der Waals surface area contributed by atoms with Crippen molar-refractivity contribution in [1.82, 2.24) is 5.32 Å². The zero-order valence-corrected chi connectivity index (χ0v) is 10.4. The quantitative estimate of drug-likeness (QED) is 0.801. The molecule has 1 atom stereocenters. The Morgan fingerprint density at radius 3 is 2.65 bits per heavy atom. The molecule has 0 radical (unpaired) electrons. The predicted octanol–water partition coefficient (Wildman–Crippen LogP) is 2.18. The van der Waals surface area contributed by atoms with Crippen LogP contribution < -0.4 is 10.6 Å². The number of carbonyl (C=O) groups is 2. The van der Waals surface area contributed by atoms with Crippen molar-refractivity contribution >= 4 is 33.6 Å². The molecule has 0 heterocycles. The fourth-order valence-electron chi connectivity index (χ4n) is 1.01. The lowest BCUT2D eigenvalue weighted by Crippen LogP contribution is -2.40. The van der Waals surface area contributed by atoms with Crippen LogP contribution in [0.2, 0.25) is 0 Å². The highest BCUT2D eigenvalue weighted by molar-refractivity contribution is 9.10. The van der Waals surface area contributed by atoms with E-state index in [0.29, 0.717) is 10.2 Å². The molecule has 0 fully saturated rings. The Kier molecular flexibility index (Phi) is 4.45. The Bertz CT molecular complexity index is 453. The third-order valence-corrected chi connectivity index (χ3v) is 2.55. The van der Waals surface area contributed by atoms with Gasteiger partial charge in [-0.2, -0.15) is 0 Å². The highest BCUT2D eigenvalue weighted by Gasteiger charge is 2.14. The third-order valence-electron chi connectivity index (χ3n) is 1.90. The molecule has 0 spiro atoms. The molecule has 5 nitrogen and oxygen atoms in total. The van der Waals surface area contributed by atoms with Crippen molar-refractivity contribution in [2.75, 3.05) is 5.32 Å². The highest BCUT2D eigenvalue weighted by atomic mass is 79.9. The number of hydrogen-bond acceptors (Lipinski definition) is 2. The molecule has 17 heavy (non-hydrogen) atoms. The molecule has 0 aliphatic heterocycles. The number of carboxylic acids is 1. The first-order valence-electron chi connectivity index (χ1n) is 4.65. The van der Waals surface area contributed by atoms with E-state index in [4.69, 9.17) is 5.11 Å². The largest absolute Gasteiger partial charge is 0.480 e. The van der Waals surface area contributed by atoms with Crippen molar-refractivity contribution in [3.8, 4) is 0 Å². The fraction of sp³-hybridized carbons (Fsp3) is 0.200. The number of rotatable bonds is 3. The Morgan fingerprint density at radius 2 is 2.12 bits per heavy atom. The second-order valence-electron chi connectivity index (χ2n) is 3.28. The van der Waals surface area contributed by atoms with Crippen LogP contribution in [0, 0.1) is 5.82 Å². The monoisotopic (exact) mass is 304 g/mol. The maximum absolute atomic E-state index is 12.8. The van der Waals surface area contributed by atoms with Gasteiger partial charge in [-0.3, -0.25) is 4.79 Å². The zero-order chi connectivity index (χ0) is 13.0. The predicted molar refractivity (Wildman–Crippen MR) is 63.4 cm³/mol. The average molecular weight is 305 g/mol. The zero-order valence-electron chi connectivity index (χ0n) is 8.83. The van der Waals surface area contributed by atoms with E-state index in [1.54, 1.807) is 0 Å². The molecule has 1 aromatic rings. The van der Waals surface area contributed by atoms with Crippen molar-refractivity contribution in [2.24, 2.45) is 0 Å². The molecule has 92 valence electrons. The normalized spacial score (nSPS) is 11.7. The topological polar surface area (TPSA) is 78.4 Å². The molecule has 0 aliphatic carbocycles. The number of carboxylic acid groups (broad SMARTS) is 1. The van der Waals surface area contributed by atoms with Gasteiger partial charge >= 0.3 is 12.0 Å². The van der Waals surface area contributed by atoms with Crippen molar-refractivity contribution in [2.45, 2.75) is 13.0 Å². The van der Waals surface area contributed by atoms with Crippen molar-refractivity contribution in [1.29, 1.82) is 0 Å². The summed E-state index contributed by atoms with van der Waals surface area (Å²) in [5, 5.41) is 13.2. The molecule has 1 aromatic carbocycles. The molecule has 0 bridgehead atoms. The number of hydrogen-bond donors (Lipinski definition) is 3. The Morgan fingerprint density at radius 1 is 1.47 bits per heavy atom. The van der Waals surface area contributed by atoms with Gasteiger partial charge < -0.3 is 15.7 Å². The van der Waals surface area contributed by atoms with Crippen LogP contribution in [0.4, 0.5) is 14.9 Å². The molecule has 1 unspecified atom stereocenters. The number of aliphatic carboxylic acids is 1. The first kappa shape index (κ1) is 13.4. The van der Waals surface area contributed by atoms with Crippen LogP contribution in [0.25, 0.3) is 0 Å². The number of nitrogens with one attached hydrogen (secondary N) is 2. The van der Waals surface area contributed by atoms with Gasteiger partial charge in [0.1, 0.15) is 11.9 Å². The lowest BCUT2D eigenvalue weighted by molar-refractivity contribution is -0.138. The molecule has 0 saturated carbocycles. The van der Waals surface area contributed by atoms with E-state index >= 15 is 0 Å². The number of benzene rings is 1. The number of carbonyl (C=O) groups excluding carboxylic acids is 1. The molecule has 1 rings (SSSR count). The lowest BCUT2D eigenvalue weighted by atomic mass is 10.3. The summed E-state index contributed by atoms with van der Waals surface area (Å²) in [6, 6.07) is 2.06. The summed E-state index contributed by atoms with van der Waals surface area (Å²) in [4.78, 5) is 21.9. The molecular formula is C10H10BrFN2O3. The van der Waals surface area contributed by atoms with Crippen LogP contribution in [0.5, 0.6) is 0 Å². The first-order chi connectivity index (χ1) is 7.90. The van der Waals surface area contributed by atoms with Crippen LogP contribution in [0.3, 0.4) is 0 Å². The molecule has 7 heteroatoms. The molecular weight excluding hydrogens is 295 g/mol. The minimum absolute atomic E-state index is 0.349. The highest BCUT2D eigenvalue weighted by Crippen LogP contribution is 2.22. The van der Waals surface area contributed by atoms with Gasteiger partial charge in [-0.25, -0.2) is 9.18 Å². The Hall–Kier alpha value is -1.63. The van der Waals surface area contributed by atoms with Crippen molar-refractivity contribution in [3.63, 3.8) is 0 Å². The minimum Gasteiger partial charge on any atom is -0.480 e. The smallest absolute Gasteiger partial charge is 0.325 e. The molecule has 2 amide bonds. The van der Waals surface area contributed by atoms with Crippen LogP contribution in [0.15, 0.2) is 22.7 Å². The summed E-state index contributed by atoms with van der Waals surface area (Å²) in [5.74, 6) is -1.58. The van der Waals surface area contributed by atoms with Gasteiger partial charge in [-0.1, -0.05) is 0 Å². The minimum atomic E-state index is -1.14. The first-order valence-corrected chi connectivity index (χ1v) is 5.45. The standard InChI is InChI=1S/C10H10BrFN2O3/c1-5(9(15)16)13-10(17)14-8-3-2-6(12)4-7(8)11/h2-5H,1H3,(H,15,16)(H2,13,14,17). The van der Waals surface area contributed by atoms with E-state index in [9.17, 15) is 14.0 Å². The number of anilines is 1. The van der Waals surface area contributed by atoms with Gasteiger partial charge in [0.25, 0.3) is 0 Å². The number of halogens is 2. The van der Waals surface area contributed by atoms with Gasteiger partial charge in [0.2, 0.25) is 0 Å². The Balaban J connectivity index is 2.65. The van der Waals surface area contributed by atoms with Crippen molar-refractivity contribution < 1.29 is 19.1 Å². The summed E-state index contributed by atoms with van der Waals surface area (Å²) in [6.45, 7) is 1.33. The van der Waals surface area contributed by atoms with E-state index in [1.165, 1.54) is 25.1 Å². The Labute approximate surface area is 105 Å². The summed E-state index contributed by atoms with van der Waals surface area (Å²) in [7, 11) is 0. The van der Waals surface area contributed by atoms with Gasteiger partial charge in [-0.05, 0) is 41.1 Å². The SMILES string of the molecule is CC(NC(=O)Nc1ccc(F)cc1Br)C(=O)O. The van der Waals surface area contributed by atoms with Crippen LogP contribution in [-0.2, 0) is 4.79 Å². The van der Waals surface area contributed by atoms with Crippen LogP contribution >= 0.6 is 15.9 Å².